The molecule has 0 aliphatic carbocycles. The zero-order valence-electron chi connectivity index (χ0n) is 11.4. The minimum atomic E-state index is -0.543. The Hall–Kier alpha value is -2.22. The first-order chi connectivity index (χ1) is 10.6. The van der Waals surface area contributed by atoms with Crippen LogP contribution in [0.3, 0.4) is 0 Å². The van der Waals surface area contributed by atoms with Gasteiger partial charge in [-0.15, -0.1) is 0 Å². The molecular weight excluding hydrogens is 325 g/mol. The van der Waals surface area contributed by atoms with E-state index in [2.05, 4.69) is 0 Å². The van der Waals surface area contributed by atoms with Crippen molar-refractivity contribution in [1.82, 2.24) is 0 Å². The summed E-state index contributed by atoms with van der Waals surface area (Å²) in [6.07, 6.45) is 0. The van der Waals surface area contributed by atoms with Gasteiger partial charge in [-0.2, -0.15) is 5.26 Å². The summed E-state index contributed by atoms with van der Waals surface area (Å²) in [4.78, 5) is 11.7. The highest BCUT2D eigenvalue weighted by atomic mass is 35.5. The molecule has 6 heteroatoms. The summed E-state index contributed by atoms with van der Waals surface area (Å²) >= 11 is 11.7. The van der Waals surface area contributed by atoms with E-state index in [-0.39, 0.29) is 13.2 Å². The first-order valence-electron chi connectivity index (χ1n) is 6.31. The molecule has 0 spiro atoms. The van der Waals surface area contributed by atoms with E-state index in [0.717, 1.165) is 5.56 Å². The summed E-state index contributed by atoms with van der Waals surface area (Å²) in [5.41, 5.74) is 1.08. The minimum absolute atomic E-state index is 0.0684. The largest absolute Gasteiger partial charge is 0.481 e. The number of esters is 1. The first kappa shape index (κ1) is 16.2. The van der Waals surface area contributed by atoms with Crippen molar-refractivity contribution >= 4 is 29.2 Å². The van der Waals surface area contributed by atoms with Crippen molar-refractivity contribution in [2.45, 2.75) is 6.61 Å². The molecule has 4 nitrogen and oxygen atoms in total. The molecule has 0 unspecified atom stereocenters. The van der Waals surface area contributed by atoms with Crippen LogP contribution in [0.5, 0.6) is 5.75 Å². The Balaban J connectivity index is 1.86. The van der Waals surface area contributed by atoms with Gasteiger partial charge in [0.25, 0.3) is 0 Å². The van der Waals surface area contributed by atoms with E-state index in [1.165, 1.54) is 0 Å². The first-order valence-corrected chi connectivity index (χ1v) is 7.07. The van der Waals surface area contributed by atoms with Crippen molar-refractivity contribution in [3.8, 4) is 11.8 Å². The molecule has 2 aromatic rings. The lowest BCUT2D eigenvalue weighted by atomic mass is 10.2. The van der Waals surface area contributed by atoms with Gasteiger partial charge in [-0.1, -0.05) is 41.4 Å². The molecular formula is C16H11Cl2NO3. The summed E-state index contributed by atoms with van der Waals surface area (Å²) in [6.45, 7) is -0.209. The zero-order valence-corrected chi connectivity index (χ0v) is 12.9. The van der Waals surface area contributed by atoms with E-state index >= 15 is 0 Å². The van der Waals surface area contributed by atoms with Crippen LogP contribution < -0.4 is 4.74 Å². The molecule has 0 N–H and O–H groups in total. The van der Waals surface area contributed by atoms with Crippen LogP contribution in [0.2, 0.25) is 10.0 Å². The number of halogens is 2. The highest BCUT2D eigenvalue weighted by Crippen LogP contribution is 2.23. The van der Waals surface area contributed by atoms with Crippen LogP contribution in [0.25, 0.3) is 0 Å². The maximum atomic E-state index is 11.7. The normalized spacial score (nSPS) is 9.86. The number of para-hydroxylation sites is 1. The average molecular weight is 336 g/mol. The number of ether oxygens (including phenoxy) is 2. The molecule has 0 saturated carbocycles. The molecule has 0 bridgehead atoms. The summed E-state index contributed by atoms with van der Waals surface area (Å²) in [5, 5.41) is 9.75. The number of carbonyl (C=O) groups is 1. The van der Waals surface area contributed by atoms with Gasteiger partial charge in [-0.05, 0) is 29.8 Å². The Kier molecular flexibility index (Phi) is 5.65. The Labute approximate surface area is 137 Å². The van der Waals surface area contributed by atoms with E-state index in [4.69, 9.17) is 37.9 Å². The summed E-state index contributed by atoms with van der Waals surface area (Å²) in [6, 6.07) is 13.6. The van der Waals surface area contributed by atoms with Gasteiger partial charge in [-0.25, -0.2) is 4.79 Å². The van der Waals surface area contributed by atoms with Crippen molar-refractivity contribution < 1.29 is 14.3 Å². The average Bonchev–Trinajstić information content (AvgIpc) is 2.54. The van der Waals surface area contributed by atoms with Crippen LogP contribution in [0.15, 0.2) is 42.5 Å². The van der Waals surface area contributed by atoms with Gasteiger partial charge in [0.15, 0.2) is 6.61 Å². The molecule has 0 atom stereocenters. The van der Waals surface area contributed by atoms with E-state index in [0.29, 0.717) is 21.4 Å². The fraction of sp³-hybridized carbons (Fsp3) is 0.125. The SMILES string of the molecule is N#Cc1ccccc1OCC(=O)OCc1ccc(Cl)c(Cl)c1. The smallest absolute Gasteiger partial charge is 0.344 e. The number of nitriles is 1. The lowest BCUT2D eigenvalue weighted by molar-refractivity contribution is -0.147. The second-order valence-corrected chi connectivity index (χ2v) is 5.12. The van der Waals surface area contributed by atoms with Crippen LogP contribution >= 0.6 is 23.2 Å². The third-order valence-electron chi connectivity index (χ3n) is 2.74. The van der Waals surface area contributed by atoms with Gasteiger partial charge < -0.3 is 9.47 Å². The van der Waals surface area contributed by atoms with Crippen molar-refractivity contribution in [3.63, 3.8) is 0 Å². The van der Waals surface area contributed by atoms with Crippen LogP contribution in [0, 0.1) is 11.3 Å². The third-order valence-corrected chi connectivity index (χ3v) is 3.48. The Morgan fingerprint density at radius 1 is 1.14 bits per heavy atom. The monoisotopic (exact) mass is 335 g/mol. The van der Waals surface area contributed by atoms with E-state index in [1.807, 2.05) is 6.07 Å². The molecule has 0 aliphatic heterocycles. The van der Waals surface area contributed by atoms with Gasteiger partial charge in [0.1, 0.15) is 18.4 Å². The van der Waals surface area contributed by atoms with E-state index < -0.39 is 5.97 Å². The molecule has 2 aromatic carbocycles. The predicted molar refractivity (Wildman–Crippen MR) is 82.9 cm³/mol. The number of rotatable bonds is 5. The quantitative estimate of drug-likeness (QED) is 0.775. The van der Waals surface area contributed by atoms with Crippen LogP contribution in [-0.2, 0) is 16.1 Å². The van der Waals surface area contributed by atoms with E-state index in [9.17, 15) is 4.79 Å². The van der Waals surface area contributed by atoms with E-state index in [1.54, 1.807) is 42.5 Å². The van der Waals surface area contributed by atoms with Crippen molar-refractivity contribution in [2.24, 2.45) is 0 Å². The molecule has 22 heavy (non-hydrogen) atoms. The van der Waals surface area contributed by atoms with Crippen molar-refractivity contribution in [1.29, 1.82) is 5.26 Å². The number of carbonyl (C=O) groups excluding carboxylic acids is 1. The fourth-order valence-electron chi connectivity index (χ4n) is 1.66. The Morgan fingerprint density at radius 3 is 2.64 bits per heavy atom. The lowest BCUT2D eigenvalue weighted by Crippen LogP contribution is -2.15. The van der Waals surface area contributed by atoms with Crippen molar-refractivity contribution in [3.05, 3.63) is 63.6 Å². The summed E-state index contributed by atoms with van der Waals surface area (Å²) in [7, 11) is 0. The zero-order chi connectivity index (χ0) is 15.9. The van der Waals surface area contributed by atoms with Gasteiger partial charge >= 0.3 is 5.97 Å². The lowest BCUT2D eigenvalue weighted by Gasteiger charge is -2.08. The third kappa shape index (κ3) is 4.39. The molecule has 0 amide bonds. The molecule has 0 heterocycles. The number of nitrogens with zero attached hydrogens (tertiary/aromatic N) is 1. The molecule has 0 aliphatic rings. The number of hydrogen-bond donors (Lipinski definition) is 0. The molecule has 0 fully saturated rings. The second kappa shape index (κ2) is 7.69. The minimum Gasteiger partial charge on any atom is -0.481 e. The molecule has 2 rings (SSSR count). The highest BCUT2D eigenvalue weighted by Gasteiger charge is 2.08. The predicted octanol–water partition coefficient (Wildman–Crippen LogP) is 3.99. The maximum absolute atomic E-state index is 11.7. The molecule has 0 saturated heterocycles. The van der Waals surface area contributed by atoms with Gasteiger partial charge in [0.05, 0.1) is 15.6 Å². The Bertz CT molecular complexity index is 726. The maximum Gasteiger partial charge on any atom is 0.344 e. The summed E-state index contributed by atoms with van der Waals surface area (Å²) in [5.74, 6) is -0.199. The highest BCUT2D eigenvalue weighted by molar-refractivity contribution is 6.42. The number of benzene rings is 2. The molecule has 112 valence electrons. The molecule has 0 radical (unpaired) electrons. The van der Waals surface area contributed by atoms with Crippen LogP contribution in [0.1, 0.15) is 11.1 Å². The summed E-state index contributed by atoms with van der Waals surface area (Å²) < 4.78 is 10.3. The van der Waals surface area contributed by atoms with Gasteiger partial charge in [-0.3, -0.25) is 0 Å². The van der Waals surface area contributed by atoms with Crippen LogP contribution in [-0.4, -0.2) is 12.6 Å². The fourth-order valence-corrected chi connectivity index (χ4v) is 1.98. The Morgan fingerprint density at radius 2 is 1.91 bits per heavy atom. The standard InChI is InChI=1S/C16H11Cl2NO3/c17-13-6-5-11(7-14(13)18)9-22-16(20)10-21-15-4-2-1-3-12(15)8-19/h1-7H,9-10H2. The van der Waals surface area contributed by atoms with Gasteiger partial charge in [0.2, 0.25) is 0 Å². The number of hydrogen-bond acceptors (Lipinski definition) is 4. The second-order valence-electron chi connectivity index (χ2n) is 4.31. The topological polar surface area (TPSA) is 59.3 Å². The van der Waals surface area contributed by atoms with Crippen molar-refractivity contribution in [2.75, 3.05) is 6.61 Å². The van der Waals surface area contributed by atoms with Crippen LogP contribution in [0.4, 0.5) is 0 Å². The molecule has 0 aromatic heterocycles. The van der Waals surface area contributed by atoms with Gasteiger partial charge in [0, 0.05) is 0 Å².